The SMILES string of the molecule is COc1cc(OC)c(C2CCN(C)C2C)c(OC)c1. The number of hydrogen-bond donors (Lipinski definition) is 0. The fourth-order valence-corrected chi connectivity index (χ4v) is 2.88. The largest absolute Gasteiger partial charge is 0.496 e. The van der Waals surface area contributed by atoms with Crippen LogP contribution in [0.2, 0.25) is 0 Å². The second kappa shape index (κ2) is 5.70. The van der Waals surface area contributed by atoms with Gasteiger partial charge < -0.3 is 19.1 Å². The van der Waals surface area contributed by atoms with Crippen molar-refractivity contribution in [2.45, 2.75) is 25.3 Å². The van der Waals surface area contributed by atoms with E-state index in [9.17, 15) is 0 Å². The molecule has 0 spiro atoms. The van der Waals surface area contributed by atoms with E-state index < -0.39 is 0 Å². The first-order chi connectivity index (χ1) is 9.12. The van der Waals surface area contributed by atoms with Crippen LogP contribution in [-0.2, 0) is 0 Å². The standard InChI is InChI=1S/C15H23NO3/c1-10-12(6-7-16(10)2)15-13(18-4)8-11(17-3)9-14(15)19-5/h8-10,12H,6-7H2,1-5H3. The van der Waals surface area contributed by atoms with Gasteiger partial charge in [0.25, 0.3) is 0 Å². The second-order valence-corrected chi connectivity index (χ2v) is 5.06. The molecule has 1 fully saturated rings. The summed E-state index contributed by atoms with van der Waals surface area (Å²) in [4.78, 5) is 2.37. The maximum Gasteiger partial charge on any atom is 0.129 e. The van der Waals surface area contributed by atoms with Gasteiger partial charge in [0.1, 0.15) is 17.2 Å². The third-order valence-electron chi connectivity index (χ3n) is 4.19. The number of methoxy groups -OCH3 is 3. The van der Waals surface area contributed by atoms with Crippen molar-refractivity contribution in [3.8, 4) is 17.2 Å². The van der Waals surface area contributed by atoms with Crippen LogP contribution in [0.4, 0.5) is 0 Å². The summed E-state index contributed by atoms with van der Waals surface area (Å²) in [7, 11) is 7.20. The third kappa shape index (κ3) is 2.50. The van der Waals surface area contributed by atoms with Gasteiger partial charge in [0.05, 0.1) is 21.3 Å². The average molecular weight is 265 g/mol. The predicted octanol–water partition coefficient (Wildman–Crippen LogP) is 2.52. The van der Waals surface area contributed by atoms with Gasteiger partial charge in [-0.25, -0.2) is 0 Å². The van der Waals surface area contributed by atoms with Crippen LogP contribution in [0.15, 0.2) is 12.1 Å². The molecule has 4 nitrogen and oxygen atoms in total. The monoisotopic (exact) mass is 265 g/mol. The van der Waals surface area contributed by atoms with Crippen LogP contribution in [0.3, 0.4) is 0 Å². The minimum absolute atomic E-state index is 0.431. The highest BCUT2D eigenvalue weighted by atomic mass is 16.5. The van der Waals surface area contributed by atoms with E-state index in [0.29, 0.717) is 12.0 Å². The Kier molecular flexibility index (Phi) is 4.20. The first-order valence-corrected chi connectivity index (χ1v) is 6.62. The van der Waals surface area contributed by atoms with Gasteiger partial charge in [0.2, 0.25) is 0 Å². The molecule has 0 N–H and O–H groups in total. The molecule has 2 rings (SSSR count). The number of likely N-dealkylation sites (N-methyl/N-ethyl adjacent to an activating group) is 1. The van der Waals surface area contributed by atoms with Gasteiger partial charge in [-0.1, -0.05) is 0 Å². The van der Waals surface area contributed by atoms with Crippen molar-refractivity contribution in [1.29, 1.82) is 0 Å². The van der Waals surface area contributed by atoms with Gasteiger partial charge in [-0.05, 0) is 26.9 Å². The van der Waals surface area contributed by atoms with Crippen molar-refractivity contribution in [2.75, 3.05) is 34.9 Å². The average Bonchev–Trinajstić information content (AvgIpc) is 2.77. The van der Waals surface area contributed by atoms with Crippen LogP contribution >= 0.6 is 0 Å². The van der Waals surface area contributed by atoms with Crippen LogP contribution in [0, 0.1) is 0 Å². The van der Waals surface area contributed by atoms with Gasteiger partial charge in [-0.15, -0.1) is 0 Å². The van der Waals surface area contributed by atoms with E-state index in [1.54, 1.807) is 21.3 Å². The Morgan fingerprint density at radius 3 is 2.00 bits per heavy atom. The molecule has 19 heavy (non-hydrogen) atoms. The van der Waals surface area contributed by atoms with Crippen LogP contribution in [0.5, 0.6) is 17.2 Å². The molecule has 1 heterocycles. The summed E-state index contributed by atoms with van der Waals surface area (Å²) in [6, 6.07) is 4.35. The molecule has 1 aliphatic heterocycles. The topological polar surface area (TPSA) is 30.9 Å². The second-order valence-electron chi connectivity index (χ2n) is 5.06. The van der Waals surface area contributed by atoms with E-state index in [0.717, 1.165) is 35.8 Å². The molecule has 2 atom stereocenters. The first-order valence-electron chi connectivity index (χ1n) is 6.62. The molecular weight excluding hydrogens is 242 g/mol. The van der Waals surface area contributed by atoms with E-state index in [-0.39, 0.29) is 0 Å². The molecule has 0 amide bonds. The molecular formula is C15H23NO3. The fraction of sp³-hybridized carbons (Fsp3) is 0.600. The Balaban J connectivity index is 2.48. The highest BCUT2D eigenvalue weighted by Crippen LogP contribution is 2.44. The maximum absolute atomic E-state index is 5.55. The van der Waals surface area contributed by atoms with Gasteiger partial charge in [0.15, 0.2) is 0 Å². The van der Waals surface area contributed by atoms with Crippen LogP contribution < -0.4 is 14.2 Å². The molecule has 1 aliphatic rings. The minimum atomic E-state index is 0.431. The predicted molar refractivity (Wildman–Crippen MR) is 75.5 cm³/mol. The lowest BCUT2D eigenvalue weighted by atomic mass is 9.91. The fourth-order valence-electron chi connectivity index (χ4n) is 2.88. The summed E-state index contributed by atoms with van der Waals surface area (Å²) in [5.74, 6) is 2.89. The lowest BCUT2D eigenvalue weighted by molar-refractivity contribution is 0.309. The Bertz CT molecular complexity index is 422. The Morgan fingerprint density at radius 1 is 1.05 bits per heavy atom. The Hall–Kier alpha value is -1.42. The lowest BCUT2D eigenvalue weighted by Gasteiger charge is -2.24. The molecule has 0 aliphatic carbocycles. The quantitative estimate of drug-likeness (QED) is 0.837. The van der Waals surface area contributed by atoms with E-state index in [4.69, 9.17) is 14.2 Å². The minimum Gasteiger partial charge on any atom is -0.496 e. The van der Waals surface area contributed by atoms with E-state index >= 15 is 0 Å². The molecule has 106 valence electrons. The van der Waals surface area contributed by atoms with Crippen LogP contribution in [0.25, 0.3) is 0 Å². The molecule has 0 saturated carbocycles. The molecule has 4 heteroatoms. The number of ether oxygens (including phenoxy) is 3. The zero-order valence-corrected chi connectivity index (χ0v) is 12.4. The van der Waals surface area contributed by atoms with Crippen molar-refractivity contribution in [3.05, 3.63) is 17.7 Å². The number of likely N-dealkylation sites (tertiary alicyclic amines) is 1. The molecule has 1 saturated heterocycles. The van der Waals surface area contributed by atoms with Crippen molar-refractivity contribution >= 4 is 0 Å². The van der Waals surface area contributed by atoms with E-state index in [1.807, 2.05) is 12.1 Å². The van der Waals surface area contributed by atoms with Crippen molar-refractivity contribution < 1.29 is 14.2 Å². The zero-order chi connectivity index (χ0) is 14.0. The highest BCUT2D eigenvalue weighted by Gasteiger charge is 2.33. The molecule has 0 bridgehead atoms. The molecule has 1 aromatic carbocycles. The highest BCUT2D eigenvalue weighted by molar-refractivity contribution is 5.53. The number of hydrogen-bond acceptors (Lipinski definition) is 4. The maximum atomic E-state index is 5.55. The summed E-state index contributed by atoms with van der Waals surface area (Å²) in [6.45, 7) is 3.35. The first kappa shape index (κ1) is 14.0. The van der Waals surface area contributed by atoms with E-state index in [2.05, 4.69) is 18.9 Å². The molecule has 0 aromatic heterocycles. The van der Waals surface area contributed by atoms with E-state index in [1.165, 1.54) is 0 Å². The van der Waals surface area contributed by atoms with Crippen molar-refractivity contribution in [1.82, 2.24) is 4.90 Å². The summed E-state index contributed by atoms with van der Waals surface area (Å²) < 4.78 is 16.4. The van der Waals surface area contributed by atoms with Gasteiger partial charge >= 0.3 is 0 Å². The Morgan fingerprint density at radius 2 is 1.63 bits per heavy atom. The number of rotatable bonds is 4. The van der Waals surface area contributed by atoms with Gasteiger partial charge in [0, 0.05) is 29.7 Å². The normalized spacial score (nSPS) is 23.4. The summed E-state index contributed by atoms with van der Waals surface area (Å²) in [6.07, 6.45) is 1.12. The molecule has 1 aromatic rings. The van der Waals surface area contributed by atoms with Crippen LogP contribution in [-0.4, -0.2) is 45.9 Å². The van der Waals surface area contributed by atoms with Crippen molar-refractivity contribution in [2.24, 2.45) is 0 Å². The zero-order valence-electron chi connectivity index (χ0n) is 12.4. The van der Waals surface area contributed by atoms with Crippen LogP contribution in [0.1, 0.15) is 24.8 Å². The summed E-state index contributed by atoms with van der Waals surface area (Å²) >= 11 is 0. The third-order valence-corrected chi connectivity index (χ3v) is 4.19. The number of nitrogens with zero attached hydrogens (tertiary/aromatic N) is 1. The Labute approximate surface area is 115 Å². The summed E-state index contributed by atoms with van der Waals surface area (Å²) in [5.41, 5.74) is 1.16. The smallest absolute Gasteiger partial charge is 0.129 e. The van der Waals surface area contributed by atoms with Gasteiger partial charge in [-0.3, -0.25) is 0 Å². The van der Waals surface area contributed by atoms with Crippen molar-refractivity contribution in [3.63, 3.8) is 0 Å². The molecule has 0 radical (unpaired) electrons. The summed E-state index contributed by atoms with van der Waals surface area (Å²) in [5, 5.41) is 0. The number of benzene rings is 1. The lowest BCUT2D eigenvalue weighted by Crippen LogP contribution is -2.25. The molecule has 2 unspecified atom stereocenters. The van der Waals surface area contributed by atoms with Gasteiger partial charge in [-0.2, -0.15) is 0 Å².